The van der Waals surface area contributed by atoms with Crippen molar-refractivity contribution in [3.8, 4) is 0 Å². The summed E-state index contributed by atoms with van der Waals surface area (Å²) in [4.78, 5) is 35.4. The molecule has 0 radical (unpaired) electrons. The summed E-state index contributed by atoms with van der Waals surface area (Å²) in [6.45, 7) is 1.09. The van der Waals surface area contributed by atoms with Crippen LogP contribution in [0.15, 0.2) is 22.8 Å². The van der Waals surface area contributed by atoms with Gasteiger partial charge in [0.2, 0.25) is 0 Å². The van der Waals surface area contributed by atoms with Crippen LogP contribution in [-0.4, -0.2) is 40.5 Å². The first-order valence-corrected chi connectivity index (χ1v) is 5.52. The Bertz CT molecular complexity index is 526. The highest BCUT2D eigenvalue weighted by atomic mass is 16.4. The molecule has 0 aliphatic carbocycles. The van der Waals surface area contributed by atoms with E-state index in [4.69, 9.17) is 15.3 Å². The van der Waals surface area contributed by atoms with Crippen molar-refractivity contribution in [1.82, 2.24) is 10.2 Å². The summed E-state index contributed by atoms with van der Waals surface area (Å²) < 4.78 is 5.13. The van der Waals surface area contributed by atoms with Crippen molar-refractivity contribution < 1.29 is 23.9 Å². The lowest BCUT2D eigenvalue weighted by Gasteiger charge is -2.19. The molecule has 2 atom stereocenters. The SMILES string of the molecule is CC1(c2ccco2)NC(=O)N(CC(N)C(=O)O)C1=O. The standard InChI is InChI=1S/C11H13N3O5/c1-11(7-3-2-4-19-7)9(17)14(10(18)13-11)5-6(12)8(15)16/h2-4,6H,5,12H2,1H3,(H,13,18)(H,15,16). The zero-order valence-electron chi connectivity index (χ0n) is 10.1. The number of carbonyl (C=O) groups excluding carboxylic acids is 2. The molecule has 0 spiro atoms. The fourth-order valence-corrected chi connectivity index (χ4v) is 1.87. The molecule has 3 amide bonds. The van der Waals surface area contributed by atoms with Crippen molar-refractivity contribution in [3.63, 3.8) is 0 Å². The molecule has 8 nitrogen and oxygen atoms in total. The molecule has 2 heterocycles. The molecule has 2 unspecified atom stereocenters. The number of carboxylic acids is 1. The van der Waals surface area contributed by atoms with Crippen LogP contribution in [0.25, 0.3) is 0 Å². The van der Waals surface area contributed by atoms with Gasteiger partial charge in [0.15, 0.2) is 5.54 Å². The molecular formula is C11H13N3O5. The quantitative estimate of drug-likeness (QED) is 0.629. The first-order valence-electron chi connectivity index (χ1n) is 5.52. The number of rotatable bonds is 4. The number of amides is 3. The molecule has 1 aliphatic heterocycles. The highest BCUT2D eigenvalue weighted by molar-refractivity contribution is 6.07. The first-order chi connectivity index (χ1) is 8.86. The summed E-state index contributed by atoms with van der Waals surface area (Å²) in [6.07, 6.45) is 1.38. The van der Waals surface area contributed by atoms with E-state index < -0.39 is 36.0 Å². The van der Waals surface area contributed by atoms with Gasteiger partial charge in [0.25, 0.3) is 5.91 Å². The fraction of sp³-hybridized carbons (Fsp3) is 0.364. The second-order valence-corrected chi connectivity index (χ2v) is 4.39. The summed E-state index contributed by atoms with van der Waals surface area (Å²) in [5.41, 5.74) is 4.00. The molecule has 1 aromatic heterocycles. The smallest absolute Gasteiger partial charge is 0.325 e. The molecule has 19 heavy (non-hydrogen) atoms. The number of nitrogens with zero attached hydrogens (tertiary/aromatic N) is 1. The minimum Gasteiger partial charge on any atom is -0.480 e. The number of nitrogens with one attached hydrogen (secondary N) is 1. The number of urea groups is 1. The molecule has 4 N–H and O–H groups in total. The predicted molar refractivity (Wildman–Crippen MR) is 61.9 cm³/mol. The highest BCUT2D eigenvalue weighted by Crippen LogP contribution is 2.28. The van der Waals surface area contributed by atoms with Crippen LogP contribution in [0, 0.1) is 0 Å². The van der Waals surface area contributed by atoms with E-state index in [0.717, 1.165) is 4.90 Å². The Kier molecular flexibility index (Phi) is 3.03. The lowest BCUT2D eigenvalue weighted by molar-refractivity contribution is -0.139. The summed E-state index contributed by atoms with van der Waals surface area (Å²) in [5.74, 6) is -1.60. The summed E-state index contributed by atoms with van der Waals surface area (Å²) in [5, 5.41) is 11.2. The summed E-state index contributed by atoms with van der Waals surface area (Å²) in [6, 6.07) is 1.12. The highest BCUT2D eigenvalue weighted by Gasteiger charge is 2.51. The summed E-state index contributed by atoms with van der Waals surface area (Å²) in [7, 11) is 0. The molecule has 8 heteroatoms. The van der Waals surface area contributed by atoms with Crippen molar-refractivity contribution >= 4 is 17.9 Å². The molecule has 0 bridgehead atoms. The number of carboxylic acid groups (broad SMARTS) is 1. The third-order valence-corrected chi connectivity index (χ3v) is 2.99. The van der Waals surface area contributed by atoms with Gasteiger partial charge in [0.05, 0.1) is 12.8 Å². The third-order valence-electron chi connectivity index (χ3n) is 2.99. The molecule has 1 aliphatic rings. The third kappa shape index (κ3) is 2.06. The van der Waals surface area contributed by atoms with Crippen molar-refractivity contribution in [2.45, 2.75) is 18.5 Å². The molecule has 102 valence electrons. The van der Waals surface area contributed by atoms with E-state index in [1.54, 1.807) is 12.1 Å². The average Bonchev–Trinajstić information content (AvgIpc) is 2.93. The largest absolute Gasteiger partial charge is 0.480 e. The Morgan fingerprint density at radius 3 is 2.84 bits per heavy atom. The molecular weight excluding hydrogens is 254 g/mol. The van der Waals surface area contributed by atoms with Gasteiger partial charge in [-0.25, -0.2) is 4.79 Å². The number of imide groups is 1. The number of aliphatic carboxylic acids is 1. The van der Waals surface area contributed by atoms with Crippen molar-refractivity contribution in [2.24, 2.45) is 5.73 Å². The minimum absolute atomic E-state index is 0.275. The van der Waals surface area contributed by atoms with E-state index in [2.05, 4.69) is 5.32 Å². The zero-order valence-corrected chi connectivity index (χ0v) is 10.1. The minimum atomic E-state index is -1.33. The van der Waals surface area contributed by atoms with Gasteiger partial charge in [0, 0.05) is 0 Å². The number of furan rings is 1. The first kappa shape index (κ1) is 13.1. The molecule has 0 aromatic carbocycles. The molecule has 0 saturated carbocycles. The Labute approximate surface area is 108 Å². The van der Waals surface area contributed by atoms with Crippen LogP contribution < -0.4 is 11.1 Å². The number of nitrogens with two attached hydrogens (primary N) is 1. The van der Waals surface area contributed by atoms with Gasteiger partial charge in [-0.2, -0.15) is 0 Å². The second-order valence-electron chi connectivity index (χ2n) is 4.39. The lowest BCUT2D eigenvalue weighted by Crippen LogP contribution is -2.46. The van der Waals surface area contributed by atoms with Crippen LogP contribution >= 0.6 is 0 Å². The zero-order chi connectivity index (χ0) is 14.2. The number of hydrogen-bond donors (Lipinski definition) is 3. The van der Waals surface area contributed by atoms with Gasteiger partial charge < -0.3 is 20.6 Å². The van der Waals surface area contributed by atoms with Gasteiger partial charge in [-0.15, -0.1) is 0 Å². The van der Waals surface area contributed by atoms with Crippen LogP contribution in [-0.2, 0) is 15.1 Å². The van der Waals surface area contributed by atoms with Crippen LogP contribution in [0.1, 0.15) is 12.7 Å². The van der Waals surface area contributed by atoms with Crippen LogP contribution in [0.5, 0.6) is 0 Å². The second kappa shape index (κ2) is 4.39. The normalized spacial score (nSPS) is 24.4. The number of hydrogen-bond acceptors (Lipinski definition) is 5. The van der Waals surface area contributed by atoms with Gasteiger partial charge in [-0.3, -0.25) is 14.5 Å². The van der Waals surface area contributed by atoms with E-state index in [-0.39, 0.29) is 5.76 Å². The van der Waals surface area contributed by atoms with Crippen molar-refractivity contribution in [1.29, 1.82) is 0 Å². The molecule has 1 saturated heterocycles. The Hall–Kier alpha value is -2.35. The Balaban J connectivity index is 2.24. The van der Waals surface area contributed by atoms with Crippen molar-refractivity contribution in [2.75, 3.05) is 6.54 Å². The molecule has 2 rings (SSSR count). The van der Waals surface area contributed by atoms with Gasteiger partial charge >= 0.3 is 12.0 Å². The maximum absolute atomic E-state index is 12.2. The molecule has 1 fully saturated rings. The van der Waals surface area contributed by atoms with Crippen molar-refractivity contribution in [3.05, 3.63) is 24.2 Å². The Morgan fingerprint density at radius 1 is 1.63 bits per heavy atom. The lowest BCUT2D eigenvalue weighted by atomic mass is 9.99. The predicted octanol–water partition coefficient (Wildman–Crippen LogP) is -0.541. The maximum Gasteiger partial charge on any atom is 0.325 e. The Morgan fingerprint density at radius 2 is 2.32 bits per heavy atom. The summed E-state index contributed by atoms with van der Waals surface area (Å²) >= 11 is 0. The number of carbonyl (C=O) groups is 3. The van der Waals surface area contributed by atoms with Gasteiger partial charge in [-0.1, -0.05) is 0 Å². The van der Waals surface area contributed by atoms with E-state index >= 15 is 0 Å². The van der Waals surface area contributed by atoms with E-state index in [0.29, 0.717) is 0 Å². The monoisotopic (exact) mass is 267 g/mol. The maximum atomic E-state index is 12.2. The van der Waals surface area contributed by atoms with Crippen LogP contribution in [0.3, 0.4) is 0 Å². The fourth-order valence-electron chi connectivity index (χ4n) is 1.87. The topological polar surface area (TPSA) is 126 Å². The average molecular weight is 267 g/mol. The van der Waals surface area contributed by atoms with Crippen LogP contribution in [0.2, 0.25) is 0 Å². The van der Waals surface area contributed by atoms with Gasteiger partial charge in [0.1, 0.15) is 11.8 Å². The van der Waals surface area contributed by atoms with E-state index in [1.807, 2.05) is 0 Å². The molecule has 1 aromatic rings. The van der Waals surface area contributed by atoms with Crippen LogP contribution in [0.4, 0.5) is 4.79 Å². The van der Waals surface area contributed by atoms with Gasteiger partial charge in [-0.05, 0) is 19.1 Å². The van der Waals surface area contributed by atoms with E-state index in [1.165, 1.54) is 13.2 Å². The van der Waals surface area contributed by atoms with E-state index in [9.17, 15) is 14.4 Å².